The highest BCUT2D eigenvalue weighted by molar-refractivity contribution is 5.95. The Balaban J connectivity index is 1.87. The number of hydrogen-bond acceptors (Lipinski definition) is 5. The smallest absolute Gasteiger partial charge is 0.337 e. The number of para-hydroxylation sites is 1. The van der Waals surface area contributed by atoms with Crippen LogP contribution in [0, 0.1) is 12.7 Å². The lowest BCUT2D eigenvalue weighted by Gasteiger charge is -2.11. The molecule has 126 valence electrons. The fraction of sp³-hybridized carbons (Fsp3) is 0.0556. The number of nitrogens with one attached hydrogen (secondary N) is 2. The monoisotopic (exact) mass is 338 g/mol. The summed E-state index contributed by atoms with van der Waals surface area (Å²) in [4.78, 5) is 19.8. The normalized spacial score (nSPS) is 10.3. The minimum atomic E-state index is -1.03. The van der Waals surface area contributed by atoms with E-state index in [1.807, 2.05) is 0 Å². The van der Waals surface area contributed by atoms with Gasteiger partial charge in [-0.2, -0.15) is 0 Å². The second-order valence-electron chi connectivity index (χ2n) is 5.29. The predicted octanol–water partition coefficient (Wildman–Crippen LogP) is 4.11. The molecule has 7 heteroatoms. The van der Waals surface area contributed by atoms with Crippen molar-refractivity contribution in [1.29, 1.82) is 0 Å². The van der Waals surface area contributed by atoms with Crippen molar-refractivity contribution in [2.45, 2.75) is 6.92 Å². The molecule has 3 aromatic rings. The van der Waals surface area contributed by atoms with Crippen LogP contribution in [0.3, 0.4) is 0 Å². The number of aromatic nitrogens is 2. The van der Waals surface area contributed by atoms with Gasteiger partial charge in [0.1, 0.15) is 23.3 Å². The molecule has 25 heavy (non-hydrogen) atoms. The van der Waals surface area contributed by atoms with Crippen LogP contribution in [0.15, 0.2) is 54.6 Å². The maximum absolute atomic E-state index is 13.0. The molecule has 1 heterocycles. The first-order valence-corrected chi connectivity index (χ1v) is 7.49. The van der Waals surface area contributed by atoms with Gasteiger partial charge in [-0.3, -0.25) is 0 Å². The van der Waals surface area contributed by atoms with E-state index < -0.39 is 5.97 Å². The Kier molecular flexibility index (Phi) is 4.56. The Morgan fingerprint density at radius 1 is 1.00 bits per heavy atom. The van der Waals surface area contributed by atoms with Gasteiger partial charge in [0.05, 0.1) is 11.3 Å². The fourth-order valence-electron chi connectivity index (χ4n) is 2.29. The molecule has 0 saturated heterocycles. The Morgan fingerprint density at radius 3 is 2.32 bits per heavy atom. The van der Waals surface area contributed by atoms with Gasteiger partial charge in [-0.1, -0.05) is 12.1 Å². The van der Waals surface area contributed by atoms with E-state index in [0.29, 0.717) is 28.8 Å². The van der Waals surface area contributed by atoms with Crippen molar-refractivity contribution in [3.63, 3.8) is 0 Å². The summed E-state index contributed by atoms with van der Waals surface area (Å²) in [6.45, 7) is 1.73. The van der Waals surface area contributed by atoms with E-state index >= 15 is 0 Å². The van der Waals surface area contributed by atoms with Crippen LogP contribution >= 0.6 is 0 Å². The Hall–Kier alpha value is -3.48. The topological polar surface area (TPSA) is 87.1 Å². The molecular formula is C18H15FN4O2. The number of nitrogens with zero attached hydrogens (tertiary/aromatic N) is 2. The molecule has 6 nitrogen and oxygen atoms in total. The minimum absolute atomic E-state index is 0.145. The number of carboxylic acid groups (broad SMARTS) is 1. The number of halogens is 1. The van der Waals surface area contributed by atoms with Crippen LogP contribution in [0.4, 0.5) is 27.4 Å². The summed E-state index contributed by atoms with van der Waals surface area (Å²) in [5.74, 6) is 0.109. The van der Waals surface area contributed by atoms with Crippen molar-refractivity contribution >= 4 is 29.0 Å². The summed E-state index contributed by atoms with van der Waals surface area (Å²) in [5, 5.41) is 15.3. The minimum Gasteiger partial charge on any atom is -0.478 e. The number of rotatable bonds is 5. The van der Waals surface area contributed by atoms with E-state index in [0.717, 1.165) is 0 Å². The molecular weight excluding hydrogens is 323 g/mol. The summed E-state index contributed by atoms with van der Waals surface area (Å²) >= 11 is 0. The number of carbonyl (C=O) groups is 1. The molecule has 0 atom stereocenters. The molecule has 0 spiro atoms. The van der Waals surface area contributed by atoms with Crippen LogP contribution in [0.5, 0.6) is 0 Å². The van der Waals surface area contributed by atoms with Crippen molar-refractivity contribution in [2.24, 2.45) is 0 Å². The molecule has 0 fully saturated rings. The van der Waals surface area contributed by atoms with Crippen LogP contribution in [0.2, 0.25) is 0 Å². The predicted molar refractivity (Wildman–Crippen MR) is 93.1 cm³/mol. The fourth-order valence-corrected chi connectivity index (χ4v) is 2.29. The number of benzene rings is 2. The number of anilines is 4. The molecule has 1 aromatic heterocycles. The number of carboxylic acids is 1. The summed E-state index contributed by atoms with van der Waals surface area (Å²) < 4.78 is 13.0. The first-order valence-electron chi connectivity index (χ1n) is 7.49. The van der Waals surface area contributed by atoms with E-state index in [9.17, 15) is 14.3 Å². The van der Waals surface area contributed by atoms with Crippen LogP contribution in [0.1, 0.15) is 16.2 Å². The second kappa shape index (κ2) is 6.96. The molecule has 0 radical (unpaired) electrons. The van der Waals surface area contributed by atoms with Gasteiger partial charge in [-0.25, -0.2) is 19.2 Å². The summed E-state index contributed by atoms with van der Waals surface area (Å²) in [7, 11) is 0. The van der Waals surface area contributed by atoms with E-state index in [1.54, 1.807) is 43.3 Å². The van der Waals surface area contributed by atoms with E-state index in [-0.39, 0.29) is 11.4 Å². The Morgan fingerprint density at radius 2 is 1.64 bits per heavy atom. The molecule has 0 unspecified atom stereocenters. The van der Waals surface area contributed by atoms with E-state index in [2.05, 4.69) is 20.6 Å². The van der Waals surface area contributed by atoms with Crippen molar-refractivity contribution in [3.8, 4) is 0 Å². The highest BCUT2D eigenvalue weighted by atomic mass is 19.1. The average molecular weight is 338 g/mol. The molecule has 0 bridgehead atoms. The molecule has 3 N–H and O–H groups in total. The Labute approximate surface area is 143 Å². The van der Waals surface area contributed by atoms with E-state index in [4.69, 9.17) is 0 Å². The van der Waals surface area contributed by atoms with Crippen molar-refractivity contribution in [2.75, 3.05) is 10.6 Å². The van der Waals surface area contributed by atoms with Gasteiger partial charge in [0, 0.05) is 11.8 Å². The van der Waals surface area contributed by atoms with Gasteiger partial charge >= 0.3 is 5.97 Å². The van der Waals surface area contributed by atoms with Crippen molar-refractivity contribution in [3.05, 3.63) is 71.8 Å². The first-order chi connectivity index (χ1) is 12.0. The third-order valence-electron chi connectivity index (χ3n) is 3.37. The third-order valence-corrected chi connectivity index (χ3v) is 3.37. The molecule has 0 aliphatic carbocycles. The molecule has 0 aliphatic rings. The van der Waals surface area contributed by atoms with Crippen LogP contribution in [0.25, 0.3) is 0 Å². The van der Waals surface area contributed by atoms with Gasteiger partial charge < -0.3 is 15.7 Å². The highest BCUT2D eigenvalue weighted by Gasteiger charge is 2.10. The second-order valence-corrected chi connectivity index (χ2v) is 5.29. The van der Waals surface area contributed by atoms with Crippen LogP contribution in [-0.4, -0.2) is 21.0 Å². The zero-order valence-corrected chi connectivity index (χ0v) is 13.3. The quantitative estimate of drug-likeness (QED) is 0.649. The lowest BCUT2D eigenvalue weighted by molar-refractivity contribution is 0.0698. The Bertz CT molecular complexity index is 913. The zero-order valence-electron chi connectivity index (χ0n) is 13.3. The number of aromatic carboxylic acids is 1. The maximum atomic E-state index is 13.0. The SMILES string of the molecule is Cc1nc(Nc2ccc(F)cc2)cc(Nc2ccccc2C(=O)O)n1. The van der Waals surface area contributed by atoms with Crippen LogP contribution in [-0.2, 0) is 0 Å². The van der Waals surface area contributed by atoms with Gasteiger partial charge in [0.15, 0.2) is 0 Å². The third kappa shape index (κ3) is 4.08. The van der Waals surface area contributed by atoms with Gasteiger partial charge in [0.2, 0.25) is 0 Å². The first kappa shape index (κ1) is 16.4. The summed E-state index contributed by atoms with van der Waals surface area (Å²) in [5.41, 5.74) is 1.25. The number of aryl methyl sites for hydroxylation is 1. The molecule has 0 saturated carbocycles. The van der Waals surface area contributed by atoms with Crippen molar-refractivity contribution in [1.82, 2.24) is 9.97 Å². The van der Waals surface area contributed by atoms with Gasteiger partial charge in [0.25, 0.3) is 0 Å². The van der Waals surface area contributed by atoms with Gasteiger partial charge in [-0.15, -0.1) is 0 Å². The molecule has 0 amide bonds. The zero-order chi connectivity index (χ0) is 17.8. The summed E-state index contributed by atoms with van der Waals surface area (Å²) in [6, 6.07) is 14.1. The number of hydrogen-bond donors (Lipinski definition) is 3. The maximum Gasteiger partial charge on any atom is 0.337 e. The molecule has 2 aromatic carbocycles. The lowest BCUT2D eigenvalue weighted by Crippen LogP contribution is -2.05. The standard InChI is InChI=1S/C18H15FN4O2/c1-11-20-16(22-13-8-6-12(19)7-9-13)10-17(21-11)23-15-5-3-2-4-14(15)18(24)25/h2-10H,1H3,(H,24,25)(H2,20,21,22,23). The highest BCUT2D eigenvalue weighted by Crippen LogP contribution is 2.23. The lowest BCUT2D eigenvalue weighted by atomic mass is 10.2. The molecule has 3 rings (SSSR count). The largest absolute Gasteiger partial charge is 0.478 e. The van der Waals surface area contributed by atoms with Crippen LogP contribution < -0.4 is 10.6 Å². The summed E-state index contributed by atoms with van der Waals surface area (Å²) in [6.07, 6.45) is 0. The van der Waals surface area contributed by atoms with Gasteiger partial charge in [-0.05, 0) is 43.3 Å². The average Bonchev–Trinajstić information content (AvgIpc) is 2.57. The van der Waals surface area contributed by atoms with E-state index in [1.165, 1.54) is 18.2 Å². The van der Waals surface area contributed by atoms with Crippen molar-refractivity contribution < 1.29 is 14.3 Å². The molecule has 0 aliphatic heterocycles.